The van der Waals surface area contributed by atoms with Crippen molar-refractivity contribution >= 4 is 21.6 Å². The van der Waals surface area contributed by atoms with E-state index in [1.165, 1.54) is 4.31 Å². The van der Waals surface area contributed by atoms with Gasteiger partial charge in [-0.3, -0.25) is 9.10 Å². The maximum Gasteiger partial charge on any atom is 0.254 e. The van der Waals surface area contributed by atoms with Gasteiger partial charge < -0.3 is 4.90 Å². The molecule has 132 valence electrons. The molecule has 3 rings (SSSR count). The first-order chi connectivity index (χ1) is 11.9. The Morgan fingerprint density at radius 1 is 1.12 bits per heavy atom. The van der Waals surface area contributed by atoms with Gasteiger partial charge in [-0.25, -0.2) is 8.42 Å². The Morgan fingerprint density at radius 2 is 1.84 bits per heavy atom. The van der Waals surface area contributed by atoms with Crippen LogP contribution in [0.15, 0.2) is 54.6 Å². The fraction of sp³-hybridized carbons (Fsp3) is 0.316. The maximum atomic E-state index is 12.8. The molecule has 1 aliphatic heterocycles. The highest BCUT2D eigenvalue weighted by molar-refractivity contribution is 7.93. The molecule has 1 heterocycles. The van der Waals surface area contributed by atoms with Crippen molar-refractivity contribution in [2.75, 3.05) is 23.7 Å². The third-order valence-corrected chi connectivity index (χ3v) is 6.53. The van der Waals surface area contributed by atoms with Gasteiger partial charge in [0.15, 0.2) is 0 Å². The van der Waals surface area contributed by atoms with Crippen molar-refractivity contribution in [3.8, 4) is 0 Å². The van der Waals surface area contributed by atoms with E-state index in [-0.39, 0.29) is 17.7 Å². The lowest BCUT2D eigenvalue weighted by Crippen LogP contribution is -2.30. The molecule has 1 saturated heterocycles. The number of hydrogen-bond acceptors (Lipinski definition) is 3. The molecule has 0 aromatic heterocycles. The lowest BCUT2D eigenvalue weighted by atomic mass is 10.1. The van der Waals surface area contributed by atoms with Crippen LogP contribution in [0.5, 0.6) is 0 Å². The normalized spacial score (nSPS) is 17.3. The van der Waals surface area contributed by atoms with Crippen molar-refractivity contribution < 1.29 is 13.2 Å². The quantitative estimate of drug-likeness (QED) is 0.844. The highest BCUT2D eigenvalue weighted by Crippen LogP contribution is 2.26. The number of nitrogens with zero attached hydrogens (tertiary/aromatic N) is 2. The molecule has 5 nitrogen and oxygen atoms in total. The Kier molecular flexibility index (Phi) is 4.81. The molecule has 2 aromatic carbocycles. The summed E-state index contributed by atoms with van der Waals surface area (Å²) in [5, 5.41) is 0. The number of carbonyl (C=O) groups is 1. The maximum absolute atomic E-state index is 12.8. The summed E-state index contributed by atoms with van der Waals surface area (Å²) in [5.74, 6) is 0.0330. The van der Waals surface area contributed by atoms with Crippen LogP contribution < -0.4 is 4.31 Å². The number of amides is 1. The van der Waals surface area contributed by atoms with E-state index in [0.29, 0.717) is 24.2 Å². The Hall–Kier alpha value is -2.34. The molecule has 6 heteroatoms. The number of anilines is 1. The van der Waals surface area contributed by atoms with E-state index in [9.17, 15) is 13.2 Å². The van der Waals surface area contributed by atoms with Crippen LogP contribution >= 0.6 is 0 Å². The summed E-state index contributed by atoms with van der Waals surface area (Å²) in [4.78, 5) is 14.5. The number of rotatable bonds is 4. The topological polar surface area (TPSA) is 57.7 Å². The fourth-order valence-electron chi connectivity index (χ4n) is 3.06. The summed E-state index contributed by atoms with van der Waals surface area (Å²) < 4.78 is 25.6. The largest absolute Gasteiger partial charge is 0.335 e. The zero-order valence-electron chi connectivity index (χ0n) is 14.4. The number of carbonyl (C=O) groups excluding carboxylic acids is 1. The SMILES string of the molecule is CC(c1ccccc1)N(C)C(=O)c1cccc(N2CCCS2(=O)=O)c1. The molecular formula is C19H22N2O3S. The minimum Gasteiger partial charge on any atom is -0.335 e. The van der Waals surface area contributed by atoms with Gasteiger partial charge in [0.2, 0.25) is 10.0 Å². The first-order valence-electron chi connectivity index (χ1n) is 8.33. The monoisotopic (exact) mass is 358 g/mol. The molecule has 1 fully saturated rings. The van der Waals surface area contributed by atoms with E-state index >= 15 is 0 Å². The van der Waals surface area contributed by atoms with Gasteiger partial charge in [0.1, 0.15) is 0 Å². The molecule has 0 radical (unpaired) electrons. The first kappa shape index (κ1) is 17.5. The molecule has 0 bridgehead atoms. The zero-order valence-corrected chi connectivity index (χ0v) is 15.2. The molecule has 0 saturated carbocycles. The molecular weight excluding hydrogens is 336 g/mol. The first-order valence-corrected chi connectivity index (χ1v) is 9.93. The van der Waals surface area contributed by atoms with Crippen molar-refractivity contribution in [1.29, 1.82) is 0 Å². The molecule has 25 heavy (non-hydrogen) atoms. The van der Waals surface area contributed by atoms with Gasteiger partial charge >= 0.3 is 0 Å². The predicted octanol–water partition coefficient (Wildman–Crippen LogP) is 3.06. The average molecular weight is 358 g/mol. The average Bonchev–Trinajstić information content (AvgIpc) is 2.99. The second-order valence-electron chi connectivity index (χ2n) is 6.29. The van der Waals surface area contributed by atoms with Crippen LogP contribution in [0.2, 0.25) is 0 Å². The summed E-state index contributed by atoms with van der Waals surface area (Å²) in [5.41, 5.74) is 2.10. The number of sulfonamides is 1. The Balaban J connectivity index is 1.84. The van der Waals surface area contributed by atoms with Gasteiger partial charge in [-0.15, -0.1) is 0 Å². The smallest absolute Gasteiger partial charge is 0.254 e. The minimum atomic E-state index is -3.25. The van der Waals surface area contributed by atoms with E-state index in [1.54, 1.807) is 36.2 Å². The second kappa shape index (κ2) is 6.88. The predicted molar refractivity (Wildman–Crippen MR) is 99.1 cm³/mol. The van der Waals surface area contributed by atoms with Crippen LogP contribution in [-0.2, 0) is 10.0 Å². The molecule has 2 aromatic rings. The van der Waals surface area contributed by atoms with E-state index in [0.717, 1.165) is 5.56 Å². The van der Waals surface area contributed by atoms with Crippen molar-refractivity contribution in [2.24, 2.45) is 0 Å². The van der Waals surface area contributed by atoms with Crippen LogP contribution in [0.4, 0.5) is 5.69 Å². The van der Waals surface area contributed by atoms with Crippen LogP contribution in [0.3, 0.4) is 0 Å². The standard InChI is InChI=1S/C19H22N2O3S/c1-15(16-8-4-3-5-9-16)20(2)19(22)17-10-6-11-18(14-17)21-12-7-13-25(21,23)24/h3-6,8-11,14-15H,7,12-13H2,1-2H3. The zero-order chi connectivity index (χ0) is 18.0. The fourth-order valence-corrected chi connectivity index (χ4v) is 4.61. The van der Waals surface area contributed by atoms with E-state index < -0.39 is 10.0 Å². The lowest BCUT2D eigenvalue weighted by molar-refractivity contribution is 0.0742. The van der Waals surface area contributed by atoms with Gasteiger partial charge in [0.05, 0.1) is 17.5 Å². The summed E-state index contributed by atoms with van der Waals surface area (Å²) >= 11 is 0. The van der Waals surface area contributed by atoms with E-state index in [1.807, 2.05) is 37.3 Å². The molecule has 1 aliphatic rings. The van der Waals surface area contributed by atoms with Crippen LogP contribution in [0.1, 0.15) is 35.3 Å². The van der Waals surface area contributed by atoms with Gasteiger partial charge in [-0.05, 0) is 37.1 Å². The van der Waals surface area contributed by atoms with Crippen LogP contribution in [0, 0.1) is 0 Å². The highest BCUT2D eigenvalue weighted by atomic mass is 32.2. The number of hydrogen-bond donors (Lipinski definition) is 0. The molecule has 1 unspecified atom stereocenters. The summed E-state index contributed by atoms with van der Waals surface area (Å²) in [6, 6.07) is 16.6. The molecule has 0 N–H and O–H groups in total. The van der Waals surface area contributed by atoms with Crippen molar-refractivity contribution in [3.63, 3.8) is 0 Å². The second-order valence-corrected chi connectivity index (χ2v) is 8.31. The van der Waals surface area contributed by atoms with Gasteiger partial charge in [0, 0.05) is 19.2 Å². The molecule has 1 atom stereocenters. The van der Waals surface area contributed by atoms with Crippen LogP contribution in [-0.4, -0.2) is 38.6 Å². The van der Waals surface area contributed by atoms with Crippen molar-refractivity contribution in [2.45, 2.75) is 19.4 Å². The van der Waals surface area contributed by atoms with Crippen molar-refractivity contribution in [3.05, 3.63) is 65.7 Å². The van der Waals surface area contributed by atoms with Gasteiger partial charge in [0.25, 0.3) is 5.91 Å². The lowest BCUT2D eigenvalue weighted by Gasteiger charge is -2.26. The van der Waals surface area contributed by atoms with Crippen LogP contribution in [0.25, 0.3) is 0 Å². The van der Waals surface area contributed by atoms with E-state index in [4.69, 9.17) is 0 Å². The van der Waals surface area contributed by atoms with Gasteiger partial charge in [-0.1, -0.05) is 36.4 Å². The van der Waals surface area contributed by atoms with Gasteiger partial charge in [-0.2, -0.15) is 0 Å². The van der Waals surface area contributed by atoms with E-state index in [2.05, 4.69) is 0 Å². The number of benzene rings is 2. The Labute approximate surface area is 148 Å². The Bertz CT molecular complexity index is 865. The molecule has 0 aliphatic carbocycles. The summed E-state index contributed by atoms with van der Waals surface area (Å²) in [7, 11) is -1.49. The molecule has 0 spiro atoms. The highest BCUT2D eigenvalue weighted by Gasteiger charge is 2.29. The minimum absolute atomic E-state index is 0.0760. The van der Waals surface area contributed by atoms with Crippen molar-refractivity contribution in [1.82, 2.24) is 4.90 Å². The third-order valence-electron chi connectivity index (χ3n) is 4.66. The third kappa shape index (κ3) is 3.54. The Morgan fingerprint density at radius 3 is 2.48 bits per heavy atom. The summed E-state index contributed by atoms with van der Waals surface area (Å²) in [6.45, 7) is 2.44. The molecule has 1 amide bonds. The summed E-state index contributed by atoms with van der Waals surface area (Å²) in [6.07, 6.45) is 0.617.